The summed E-state index contributed by atoms with van der Waals surface area (Å²) in [6.07, 6.45) is 0.913. The Morgan fingerprint density at radius 2 is 1.85 bits per heavy atom. The number of amides is 2. The number of hydrogen-bond donors (Lipinski definition) is 2. The summed E-state index contributed by atoms with van der Waals surface area (Å²) in [4.78, 5) is 23.9. The molecule has 0 heterocycles. The zero-order chi connectivity index (χ0) is 18.9. The summed E-state index contributed by atoms with van der Waals surface area (Å²) in [5.74, 6) is 0.252. The van der Waals surface area contributed by atoms with E-state index in [4.69, 9.17) is 9.47 Å². The van der Waals surface area contributed by atoms with E-state index in [2.05, 4.69) is 33.7 Å². The highest BCUT2D eigenvalue weighted by molar-refractivity contribution is 9.10. The van der Waals surface area contributed by atoms with Crippen LogP contribution in [0.25, 0.3) is 0 Å². The minimum absolute atomic E-state index is 0.219. The van der Waals surface area contributed by atoms with E-state index in [0.717, 1.165) is 16.5 Å². The van der Waals surface area contributed by atoms with Crippen molar-refractivity contribution in [3.63, 3.8) is 0 Å². The molecule has 0 saturated carbocycles. The third kappa shape index (κ3) is 5.77. The molecule has 0 saturated heterocycles. The van der Waals surface area contributed by atoms with Gasteiger partial charge < -0.3 is 9.47 Å². The van der Waals surface area contributed by atoms with E-state index in [1.165, 1.54) is 0 Å². The van der Waals surface area contributed by atoms with Crippen LogP contribution < -0.4 is 20.3 Å². The molecule has 7 heteroatoms. The summed E-state index contributed by atoms with van der Waals surface area (Å²) in [7, 11) is 0. The minimum Gasteiger partial charge on any atom is -0.494 e. The summed E-state index contributed by atoms with van der Waals surface area (Å²) in [6.45, 7) is 4.21. The number of hydrogen-bond acceptors (Lipinski definition) is 4. The maximum atomic E-state index is 12.1. The van der Waals surface area contributed by atoms with Gasteiger partial charge in [0.15, 0.2) is 6.61 Å². The molecule has 0 spiro atoms. The first-order valence-electron chi connectivity index (χ1n) is 8.26. The van der Waals surface area contributed by atoms with E-state index < -0.39 is 11.8 Å². The Morgan fingerprint density at radius 1 is 1.04 bits per heavy atom. The number of benzene rings is 2. The highest BCUT2D eigenvalue weighted by Gasteiger charge is 2.10. The van der Waals surface area contributed by atoms with Gasteiger partial charge in [0.2, 0.25) is 0 Å². The van der Waals surface area contributed by atoms with E-state index in [1.54, 1.807) is 30.3 Å². The third-order valence-corrected chi connectivity index (χ3v) is 4.11. The van der Waals surface area contributed by atoms with Gasteiger partial charge in [0.25, 0.3) is 11.8 Å². The predicted molar refractivity (Wildman–Crippen MR) is 102 cm³/mol. The lowest BCUT2D eigenvalue weighted by atomic mass is 10.2. The molecule has 6 nitrogen and oxygen atoms in total. The standard InChI is InChI=1S/C19H21BrN2O4/c1-3-13-8-9-17(16(20)10-13)26-12-18(23)21-22-19(24)14-6-5-7-15(11-14)25-4-2/h5-11H,3-4,12H2,1-2H3,(H,21,23)(H,22,24). The number of halogens is 1. The van der Waals surface area contributed by atoms with Crippen molar-refractivity contribution >= 4 is 27.7 Å². The minimum atomic E-state index is -0.467. The average molecular weight is 421 g/mol. The number of rotatable bonds is 7. The first kappa shape index (κ1) is 19.8. The van der Waals surface area contributed by atoms with Gasteiger partial charge in [-0.3, -0.25) is 20.4 Å². The Balaban J connectivity index is 1.83. The van der Waals surface area contributed by atoms with Crippen LogP contribution >= 0.6 is 15.9 Å². The van der Waals surface area contributed by atoms with E-state index >= 15 is 0 Å². The zero-order valence-electron chi connectivity index (χ0n) is 14.7. The van der Waals surface area contributed by atoms with Gasteiger partial charge in [-0.25, -0.2) is 0 Å². The number of ether oxygens (including phenoxy) is 2. The topological polar surface area (TPSA) is 76.7 Å². The lowest BCUT2D eigenvalue weighted by molar-refractivity contribution is -0.123. The molecule has 0 radical (unpaired) electrons. The van der Waals surface area contributed by atoms with Gasteiger partial charge in [0.1, 0.15) is 11.5 Å². The summed E-state index contributed by atoms with van der Waals surface area (Å²) < 4.78 is 11.6. The van der Waals surface area contributed by atoms with Crippen LogP contribution in [0.4, 0.5) is 0 Å². The molecule has 0 bridgehead atoms. The first-order chi connectivity index (χ1) is 12.5. The highest BCUT2D eigenvalue weighted by atomic mass is 79.9. The Labute approximate surface area is 161 Å². The van der Waals surface area contributed by atoms with Crippen molar-refractivity contribution in [2.75, 3.05) is 13.2 Å². The van der Waals surface area contributed by atoms with Gasteiger partial charge >= 0.3 is 0 Å². The monoisotopic (exact) mass is 420 g/mol. The second kappa shape index (κ2) is 9.82. The third-order valence-electron chi connectivity index (χ3n) is 3.49. The number of carbonyl (C=O) groups is 2. The molecular weight excluding hydrogens is 400 g/mol. The molecule has 0 atom stereocenters. The molecule has 0 unspecified atom stereocenters. The lowest BCUT2D eigenvalue weighted by Gasteiger charge is -2.11. The summed E-state index contributed by atoms with van der Waals surface area (Å²) in [5.41, 5.74) is 6.22. The normalized spacial score (nSPS) is 10.1. The second-order valence-corrected chi connectivity index (χ2v) is 6.22. The van der Waals surface area contributed by atoms with Crippen LogP contribution in [-0.2, 0) is 11.2 Å². The van der Waals surface area contributed by atoms with Gasteiger partial charge in [-0.1, -0.05) is 19.1 Å². The maximum absolute atomic E-state index is 12.1. The van der Waals surface area contributed by atoms with Crippen LogP contribution in [0, 0.1) is 0 Å². The molecule has 0 aliphatic carbocycles. The van der Waals surface area contributed by atoms with Crippen LogP contribution in [0.15, 0.2) is 46.9 Å². The van der Waals surface area contributed by atoms with E-state index in [-0.39, 0.29) is 6.61 Å². The van der Waals surface area contributed by atoms with Crippen molar-refractivity contribution in [2.24, 2.45) is 0 Å². The molecule has 138 valence electrons. The molecule has 2 rings (SSSR count). The molecule has 0 aromatic heterocycles. The largest absolute Gasteiger partial charge is 0.494 e. The van der Waals surface area contributed by atoms with Crippen molar-refractivity contribution in [3.05, 3.63) is 58.1 Å². The van der Waals surface area contributed by atoms with Crippen LogP contribution in [0.1, 0.15) is 29.8 Å². The van der Waals surface area contributed by atoms with Crippen molar-refractivity contribution in [1.82, 2.24) is 10.9 Å². The summed E-state index contributed by atoms with van der Waals surface area (Å²) in [5, 5.41) is 0. The zero-order valence-corrected chi connectivity index (χ0v) is 16.3. The fourth-order valence-electron chi connectivity index (χ4n) is 2.15. The van der Waals surface area contributed by atoms with Gasteiger partial charge in [-0.05, 0) is 65.2 Å². The van der Waals surface area contributed by atoms with Gasteiger partial charge in [0, 0.05) is 5.56 Å². The summed E-state index contributed by atoms with van der Waals surface area (Å²) >= 11 is 3.41. The predicted octanol–water partition coefficient (Wildman–Crippen LogP) is 3.25. The summed E-state index contributed by atoms with van der Waals surface area (Å²) in [6, 6.07) is 12.4. The Bertz CT molecular complexity index is 780. The molecule has 0 aliphatic rings. The van der Waals surface area contributed by atoms with E-state index in [0.29, 0.717) is 23.7 Å². The first-order valence-corrected chi connectivity index (χ1v) is 9.06. The lowest BCUT2D eigenvalue weighted by Crippen LogP contribution is -2.43. The molecular formula is C19H21BrN2O4. The highest BCUT2D eigenvalue weighted by Crippen LogP contribution is 2.26. The van der Waals surface area contributed by atoms with Crippen molar-refractivity contribution in [1.29, 1.82) is 0 Å². The van der Waals surface area contributed by atoms with Crippen molar-refractivity contribution < 1.29 is 19.1 Å². The van der Waals surface area contributed by atoms with Crippen LogP contribution in [0.2, 0.25) is 0 Å². The maximum Gasteiger partial charge on any atom is 0.276 e. The van der Waals surface area contributed by atoms with Crippen LogP contribution in [0.5, 0.6) is 11.5 Å². The van der Waals surface area contributed by atoms with E-state index in [9.17, 15) is 9.59 Å². The number of hydrazine groups is 1. The second-order valence-electron chi connectivity index (χ2n) is 5.37. The average Bonchev–Trinajstić information content (AvgIpc) is 2.65. The van der Waals surface area contributed by atoms with Crippen LogP contribution in [0.3, 0.4) is 0 Å². The van der Waals surface area contributed by atoms with Crippen LogP contribution in [-0.4, -0.2) is 25.0 Å². The molecule has 0 aliphatic heterocycles. The quantitative estimate of drug-likeness (QED) is 0.673. The molecule has 26 heavy (non-hydrogen) atoms. The Kier molecular flexibility index (Phi) is 7.47. The molecule has 0 fully saturated rings. The SMILES string of the molecule is CCOc1cccc(C(=O)NNC(=O)COc2ccc(CC)cc2Br)c1. The molecule has 2 aromatic carbocycles. The fraction of sp³-hybridized carbons (Fsp3) is 0.263. The molecule has 2 aromatic rings. The Morgan fingerprint density at radius 3 is 2.54 bits per heavy atom. The number of nitrogens with one attached hydrogen (secondary N) is 2. The van der Waals surface area contributed by atoms with Gasteiger partial charge in [-0.2, -0.15) is 0 Å². The smallest absolute Gasteiger partial charge is 0.276 e. The number of carbonyl (C=O) groups excluding carboxylic acids is 2. The fourth-order valence-corrected chi connectivity index (χ4v) is 2.69. The molecule has 2 amide bonds. The molecule has 2 N–H and O–H groups in total. The van der Waals surface area contributed by atoms with Gasteiger partial charge in [0.05, 0.1) is 11.1 Å². The number of aryl methyl sites for hydroxylation is 1. The van der Waals surface area contributed by atoms with Crippen molar-refractivity contribution in [2.45, 2.75) is 20.3 Å². The Hall–Kier alpha value is -2.54. The van der Waals surface area contributed by atoms with E-state index in [1.807, 2.05) is 19.1 Å². The van der Waals surface area contributed by atoms with Crippen molar-refractivity contribution in [3.8, 4) is 11.5 Å². The van der Waals surface area contributed by atoms with Gasteiger partial charge in [-0.15, -0.1) is 0 Å².